The maximum absolute atomic E-state index is 5.70. The van der Waals surface area contributed by atoms with E-state index in [1.54, 1.807) is 0 Å². The van der Waals surface area contributed by atoms with Crippen LogP contribution in [-0.4, -0.2) is 13.2 Å². The molecule has 0 aliphatic carbocycles. The largest absolute Gasteiger partial charge is 0.491 e. The topological polar surface area (TPSA) is 18.5 Å². The molecule has 0 fully saturated rings. The fourth-order valence-corrected chi connectivity index (χ4v) is 2.29. The molecule has 2 heteroatoms. The Hall–Kier alpha value is -2.58. The molecule has 0 spiro atoms. The van der Waals surface area contributed by atoms with Crippen LogP contribution in [0.15, 0.2) is 78.9 Å². The van der Waals surface area contributed by atoms with Gasteiger partial charge in [-0.25, -0.2) is 0 Å². The molecule has 3 rings (SSSR count). The molecule has 23 heavy (non-hydrogen) atoms. The summed E-state index contributed by atoms with van der Waals surface area (Å²) in [4.78, 5) is 0. The third kappa shape index (κ3) is 4.70. The Kier molecular flexibility index (Phi) is 5.43. The molecule has 1 radical (unpaired) electrons. The lowest BCUT2D eigenvalue weighted by Crippen LogP contribution is -2.06. The molecule has 0 aliphatic heterocycles. The fraction of sp³-hybridized carbons (Fsp3) is 0.143. The van der Waals surface area contributed by atoms with E-state index >= 15 is 0 Å². The van der Waals surface area contributed by atoms with E-state index in [1.807, 2.05) is 66.7 Å². The van der Waals surface area contributed by atoms with Gasteiger partial charge in [-0.2, -0.15) is 0 Å². The zero-order valence-electron chi connectivity index (χ0n) is 12.9. The van der Waals surface area contributed by atoms with Gasteiger partial charge in [0, 0.05) is 0 Å². The highest BCUT2D eigenvalue weighted by Gasteiger charge is 1.99. The van der Waals surface area contributed by atoms with E-state index in [4.69, 9.17) is 9.47 Å². The van der Waals surface area contributed by atoms with E-state index in [-0.39, 0.29) is 0 Å². The Bertz CT molecular complexity index is 691. The van der Waals surface area contributed by atoms with Gasteiger partial charge in [-0.05, 0) is 34.9 Å². The molecular weight excluding hydrogens is 284 g/mol. The van der Waals surface area contributed by atoms with Crippen molar-refractivity contribution >= 4 is 0 Å². The monoisotopic (exact) mass is 303 g/mol. The molecular formula is C21H19O2. The first-order valence-electron chi connectivity index (χ1n) is 7.73. The summed E-state index contributed by atoms with van der Waals surface area (Å²) in [6.07, 6.45) is 0. The highest BCUT2D eigenvalue weighted by Crippen LogP contribution is 2.21. The first kappa shape index (κ1) is 15.3. The summed E-state index contributed by atoms with van der Waals surface area (Å²) in [7, 11) is 0. The predicted molar refractivity (Wildman–Crippen MR) is 92.3 cm³/mol. The summed E-state index contributed by atoms with van der Waals surface area (Å²) < 4.78 is 11.3. The van der Waals surface area contributed by atoms with Gasteiger partial charge in [-0.3, -0.25) is 0 Å². The Labute approximate surface area is 137 Å². The Morgan fingerprint density at radius 3 is 2.26 bits per heavy atom. The van der Waals surface area contributed by atoms with Gasteiger partial charge in [0.25, 0.3) is 0 Å². The second kappa shape index (κ2) is 8.16. The van der Waals surface area contributed by atoms with Crippen molar-refractivity contribution in [2.45, 2.75) is 6.61 Å². The van der Waals surface area contributed by atoms with Crippen LogP contribution in [0, 0.1) is 6.07 Å². The number of rotatable bonds is 7. The van der Waals surface area contributed by atoms with Crippen LogP contribution in [0.3, 0.4) is 0 Å². The minimum atomic E-state index is 0.545. The molecule has 0 amide bonds. The summed E-state index contributed by atoms with van der Waals surface area (Å²) in [5.41, 5.74) is 3.40. The molecule has 0 aliphatic rings. The molecule has 0 bridgehead atoms. The van der Waals surface area contributed by atoms with Crippen molar-refractivity contribution in [2.75, 3.05) is 13.2 Å². The van der Waals surface area contributed by atoms with Gasteiger partial charge in [0.05, 0.1) is 13.2 Å². The summed E-state index contributed by atoms with van der Waals surface area (Å²) in [6.45, 7) is 1.74. The van der Waals surface area contributed by atoms with Gasteiger partial charge in [0.2, 0.25) is 0 Å². The van der Waals surface area contributed by atoms with Crippen LogP contribution in [0.2, 0.25) is 0 Å². The average Bonchev–Trinajstić information content (AvgIpc) is 2.64. The van der Waals surface area contributed by atoms with Crippen molar-refractivity contribution in [1.29, 1.82) is 0 Å². The van der Waals surface area contributed by atoms with Crippen LogP contribution in [-0.2, 0) is 11.3 Å². The van der Waals surface area contributed by atoms with Crippen molar-refractivity contribution in [3.8, 4) is 16.9 Å². The molecule has 0 unspecified atom stereocenters. The van der Waals surface area contributed by atoms with Crippen LogP contribution in [0.4, 0.5) is 0 Å². The fourth-order valence-electron chi connectivity index (χ4n) is 2.29. The standard InChI is InChI=1S/C21H19O2/c1-3-7-18(8-4-1)17-22-15-16-23-21-13-11-20(12-14-21)19-9-5-2-6-10-19/h1-9,11-14H,15-17H2. The molecule has 115 valence electrons. The van der Waals surface area contributed by atoms with Gasteiger partial charge in [0.1, 0.15) is 12.4 Å². The lowest BCUT2D eigenvalue weighted by Gasteiger charge is -2.08. The first-order valence-corrected chi connectivity index (χ1v) is 7.73. The van der Waals surface area contributed by atoms with Crippen LogP contribution >= 0.6 is 0 Å². The smallest absolute Gasteiger partial charge is 0.119 e. The van der Waals surface area contributed by atoms with E-state index in [1.165, 1.54) is 5.56 Å². The number of hydrogen-bond donors (Lipinski definition) is 0. The summed E-state index contributed by atoms with van der Waals surface area (Å²) in [5, 5.41) is 0. The van der Waals surface area contributed by atoms with Crippen LogP contribution in [0.25, 0.3) is 11.1 Å². The highest BCUT2D eigenvalue weighted by atomic mass is 16.5. The molecule has 0 heterocycles. The van der Waals surface area contributed by atoms with E-state index in [0.29, 0.717) is 19.8 Å². The summed E-state index contributed by atoms with van der Waals surface area (Å²) in [5.74, 6) is 0.855. The van der Waals surface area contributed by atoms with E-state index in [0.717, 1.165) is 16.9 Å². The minimum absolute atomic E-state index is 0.545. The molecule has 0 atom stereocenters. The van der Waals surface area contributed by atoms with Gasteiger partial charge in [-0.15, -0.1) is 0 Å². The van der Waals surface area contributed by atoms with Crippen LogP contribution in [0.1, 0.15) is 5.56 Å². The van der Waals surface area contributed by atoms with Crippen molar-refractivity contribution < 1.29 is 9.47 Å². The van der Waals surface area contributed by atoms with Crippen LogP contribution in [0.5, 0.6) is 5.75 Å². The van der Waals surface area contributed by atoms with Gasteiger partial charge < -0.3 is 9.47 Å². The molecule has 0 aromatic heterocycles. The van der Waals surface area contributed by atoms with Crippen molar-refractivity contribution in [3.63, 3.8) is 0 Å². The Morgan fingerprint density at radius 2 is 1.52 bits per heavy atom. The normalized spacial score (nSPS) is 10.4. The Morgan fingerprint density at radius 1 is 0.739 bits per heavy atom. The second-order valence-corrected chi connectivity index (χ2v) is 5.19. The third-order valence-corrected chi connectivity index (χ3v) is 3.48. The van der Waals surface area contributed by atoms with Gasteiger partial charge in [0.15, 0.2) is 0 Å². The summed E-state index contributed by atoms with van der Waals surface area (Å²) >= 11 is 0. The highest BCUT2D eigenvalue weighted by molar-refractivity contribution is 5.63. The van der Waals surface area contributed by atoms with E-state index < -0.39 is 0 Å². The first-order chi connectivity index (χ1) is 11.4. The van der Waals surface area contributed by atoms with Crippen molar-refractivity contribution in [2.24, 2.45) is 0 Å². The average molecular weight is 303 g/mol. The lowest BCUT2D eigenvalue weighted by molar-refractivity contribution is 0.0889. The number of hydrogen-bond acceptors (Lipinski definition) is 2. The maximum Gasteiger partial charge on any atom is 0.119 e. The maximum atomic E-state index is 5.70. The van der Waals surface area contributed by atoms with Crippen molar-refractivity contribution in [1.82, 2.24) is 0 Å². The van der Waals surface area contributed by atoms with Crippen molar-refractivity contribution in [3.05, 3.63) is 90.5 Å². The molecule has 3 aromatic rings. The minimum Gasteiger partial charge on any atom is -0.491 e. The van der Waals surface area contributed by atoms with Gasteiger partial charge >= 0.3 is 0 Å². The predicted octanol–water partition coefficient (Wildman–Crippen LogP) is 4.75. The molecule has 3 aromatic carbocycles. The van der Waals surface area contributed by atoms with E-state index in [9.17, 15) is 0 Å². The third-order valence-electron chi connectivity index (χ3n) is 3.48. The second-order valence-electron chi connectivity index (χ2n) is 5.19. The molecule has 0 saturated heterocycles. The molecule has 0 saturated carbocycles. The number of ether oxygens (including phenoxy) is 2. The summed E-state index contributed by atoms with van der Waals surface area (Å²) in [6, 6.07) is 29.4. The number of benzene rings is 3. The zero-order valence-corrected chi connectivity index (χ0v) is 12.9. The zero-order chi connectivity index (χ0) is 15.7. The van der Waals surface area contributed by atoms with Gasteiger partial charge in [-0.1, -0.05) is 66.7 Å². The molecule has 0 N–H and O–H groups in total. The molecule has 2 nitrogen and oxygen atoms in total. The lowest BCUT2D eigenvalue weighted by atomic mass is 10.1. The Balaban J connectivity index is 1.42. The SMILES string of the molecule is [c]1ccccc1-c1ccc(OCCOCc2ccccc2)cc1. The van der Waals surface area contributed by atoms with Crippen LogP contribution < -0.4 is 4.74 Å². The van der Waals surface area contributed by atoms with E-state index in [2.05, 4.69) is 18.2 Å². The quantitative estimate of drug-likeness (QED) is 0.586.